The molecule has 0 atom stereocenters. The summed E-state index contributed by atoms with van der Waals surface area (Å²) >= 11 is 6.85. The molecule has 5 nitrogen and oxygen atoms in total. The zero-order chi connectivity index (χ0) is 15.4. The Labute approximate surface area is 138 Å². The molecule has 0 amide bonds. The van der Waals surface area contributed by atoms with E-state index in [0.717, 1.165) is 14.5 Å². The van der Waals surface area contributed by atoms with Crippen LogP contribution in [0.1, 0.15) is 5.56 Å². The lowest BCUT2D eigenvalue weighted by Crippen LogP contribution is -2.01. The van der Waals surface area contributed by atoms with Crippen LogP contribution in [0.3, 0.4) is 0 Å². The lowest BCUT2D eigenvalue weighted by atomic mass is 10.2. The van der Waals surface area contributed by atoms with Crippen molar-refractivity contribution in [3.63, 3.8) is 0 Å². The third kappa shape index (κ3) is 3.74. The highest BCUT2D eigenvalue weighted by atomic mass is 79.9. The van der Waals surface area contributed by atoms with Crippen molar-refractivity contribution in [3.8, 4) is 5.75 Å². The van der Waals surface area contributed by atoms with E-state index < -0.39 is 4.92 Å². The number of nitrogens with one attached hydrogen (secondary N) is 1. The minimum atomic E-state index is -0.416. The van der Waals surface area contributed by atoms with E-state index in [2.05, 4.69) is 37.2 Å². The summed E-state index contributed by atoms with van der Waals surface area (Å²) in [5.41, 5.74) is 1.35. The number of hydrogen-bond donors (Lipinski definition) is 1. The number of nitrogens with zero attached hydrogens (tertiary/aromatic N) is 1. The van der Waals surface area contributed by atoms with Crippen LogP contribution in [0.5, 0.6) is 5.75 Å². The van der Waals surface area contributed by atoms with Gasteiger partial charge in [0.2, 0.25) is 0 Å². The third-order valence-electron chi connectivity index (χ3n) is 2.83. The highest BCUT2D eigenvalue weighted by Crippen LogP contribution is 2.34. The van der Waals surface area contributed by atoms with Crippen molar-refractivity contribution in [2.75, 3.05) is 12.4 Å². The van der Waals surface area contributed by atoms with Gasteiger partial charge in [-0.2, -0.15) is 0 Å². The van der Waals surface area contributed by atoms with E-state index in [9.17, 15) is 10.1 Å². The van der Waals surface area contributed by atoms with Crippen LogP contribution in [0.2, 0.25) is 0 Å². The molecule has 0 bridgehead atoms. The predicted molar refractivity (Wildman–Crippen MR) is 88.8 cm³/mol. The van der Waals surface area contributed by atoms with Crippen molar-refractivity contribution in [2.24, 2.45) is 0 Å². The Bertz CT molecular complexity index is 657. The minimum Gasteiger partial charge on any atom is -0.487 e. The Morgan fingerprint density at radius 2 is 1.90 bits per heavy atom. The molecule has 0 aliphatic rings. The van der Waals surface area contributed by atoms with Gasteiger partial charge in [0.25, 0.3) is 5.69 Å². The maximum atomic E-state index is 10.9. The first-order chi connectivity index (χ1) is 10.0. The molecular weight excluding hydrogens is 404 g/mol. The van der Waals surface area contributed by atoms with Gasteiger partial charge in [0.15, 0.2) is 0 Å². The Balaban J connectivity index is 2.19. The Morgan fingerprint density at radius 3 is 2.48 bits per heavy atom. The Hall–Kier alpha value is -1.60. The van der Waals surface area contributed by atoms with Crippen molar-refractivity contribution in [2.45, 2.75) is 6.61 Å². The smallest absolute Gasteiger partial charge is 0.292 e. The molecule has 0 unspecified atom stereocenters. The molecule has 7 heteroatoms. The van der Waals surface area contributed by atoms with Crippen LogP contribution >= 0.6 is 31.9 Å². The fourth-order valence-electron chi connectivity index (χ4n) is 1.81. The average Bonchev–Trinajstić information content (AvgIpc) is 2.46. The second kappa shape index (κ2) is 6.91. The zero-order valence-corrected chi connectivity index (χ0v) is 14.3. The summed E-state index contributed by atoms with van der Waals surface area (Å²) in [5.74, 6) is 0.696. The zero-order valence-electron chi connectivity index (χ0n) is 11.1. The van der Waals surface area contributed by atoms with E-state index >= 15 is 0 Å². The highest BCUT2D eigenvalue weighted by molar-refractivity contribution is 9.11. The number of para-hydroxylation sites is 1. The SMILES string of the molecule is CNc1cc(COc2c(Br)cccc2Br)ccc1[N+](=O)[O-]. The van der Waals surface area contributed by atoms with E-state index in [1.807, 2.05) is 18.2 Å². The van der Waals surface area contributed by atoms with Crippen LogP contribution < -0.4 is 10.1 Å². The monoisotopic (exact) mass is 414 g/mol. The summed E-state index contributed by atoms with van der Waals surface area (Å²) in [6.07, 6.45) is 0. The van der Waals surface area contributed by atoms with Gasteiger partial charge in [-0.05, 0) is 61.7 Å². The van der Waals surface area contributed by atoms with Crippen LogP contribution in [-0.2, 0) is 6.61 Å². The molecule has 0 saturated carbocycles. The first kappa shape index (κ1) is 15.8. The number of benzene rings is 2. The molecule has 1 N–H and O–H groups in total. The van der Waals surface area contributed by atoms with Gasteiger partial charge in [-0.25, -0.2) is 0 Å². The van der Waals surface area contributed by atoms with E-state index in [4.69, 9.17) is 4.74 Å². The summed E-state index contributed by atoms with van der Waals surface area (Å²) in [5, 5.41) is 13.7. The van der Waals surface area contributed by atoms with Gasteiger partial charge in [-0.3, -0.25) is 10.1 Å². The van der Waals surface area contributed by atoms with Crippen LogP contribution in [0.4, 0.5) is 11.4 Å². The number of nitro benzene ring substituents is 1. The van der Waals surface area contributed by atoms with Crippen molar-refractivity contribution < 1.29 is 9.66 Å². The standard InChI is InChI=1S/C14H12Br2N2O3/c1-17-12-7-9(5-6-13(12)18(19)20)8-21-14-10(15)3-2-4-11(14)16/h2-7,17H,8H2,1H3. The summed E-state index contributed by atoms with van der Waals surface area (Å²) in [4.78, 5) is 10.5. The Kier molecular flexibility index (Phi) is 5.19. The van der Waals surface area contributed by atoms with E-state index in [1.54, 1.807) is 19.2 Å². The van der Waals surface area contributed by atoms with Gasteiger partial charge in [0, 0.05) is 13.1 Å². The number of anilines is 1. The van der Waals surface area contributed by atoms with Crippen LogP contribution in [0, 0.1) is 10.1 Å². The topological polar surface area (TPSA) is 64.4 Å². The summed E-state index contributed by atoms with van der Waals surface area (Å²) in [7, 11) is 1.65. The first-order valence-electron chi connectivity index (χ1n) is 6.05. The van der Waals surface area contributed by atoms with Crippen molar-refractivity contribution in [3.05, 3.63) is 61.0 Å². The molecule has 0 saturated heterocycles. The van der Waals surface area contributed by atoms with Gasteiger partial charge >= 0.3 is 0 Å². The number of ether oxygens (including phenoxy) is 1. The van der Waals surface area contributed by atoms with Crippen LogP contribution in [0.25, 0.3) is 0 Å². The van der Waals surface area contributed by atoms with E-state index in [0.29, 0.717) is 18.0 Å². The first-order valence-corrected chi connectivity index (χ1v) is 7.63. The van der Waals surface area contributed by atoms with Crippen molar-refractivity contribution >= 4 is 43.2 Å². The van der Waals surface area contributed by atoms with Gasteiger partial charge < -0.3 is 10.1 Å². The summed E-state index contributed by atoms with van der Waals surface area (Å²) in [6.45, 7) is 0.313. The molecular formula is C14H12Br2N2O3. The Morgan fingerprint density at radius 1 is 1.24 bits per heavy atom. The molecule has 2 aromatic carbocycles. The molecule has 0 aliphatic carbocycles. The van der Waals surface area contributed by atoms with Gasteiger partial charge in [0.05, 0.1) is 13.9 Å². The van der Waals surface area contributed by atoms with Crippen LogP contribution in [-0.4, -0.2) is 12.0 Å². The van der Waals surface area contributed by atoms with Crippen molar-refractivity contribution in [1.29, 1.82) is 0 Å². The third-order valence-corrected chi connectivity index (χ3v) is 4.08. The molecule has 110 valence electrons. The number of nitro groups is 1. The predicted octanol–water partition coefficient (Wildman–Crippen LogP) is 4.74. The maximum absolute atomic E-state index is 10.9. The fraction of sp³-hybridized carbons (Fsp3) is 0.143. The average molecular weight is 416 g/mol. The number of halogens is 2. The fourth-order valence-corrected chi connectivity index (χ4v) is 3.04. The number of hydrogen-bond acceptors (Lipinski definition) is 4. The largest absolute Gasteiger partial charge is 0.487 e. The van der Waals surface area contributed by atoms with Gasteiger partial charge in [-0.15, -0.1) is 0 Å². The van der Waals surface area contributed by atoms with Gasteiger partial charge in [-0.1, -0.05) is 6.07 Å². The lowest BCUT2D eigenvalue weighted by Gasteiger charge is -2.11. The molecule has 0 aliphatic heterocycles. The molecule has 21 heavy (non-hydrogen) atoms. The molecule has 0 fully saturated rings. The van der Waals surface area contributed by atoms with Gasteiger partial charge in [0.1, 0.15) is 18.0 Å². The molecule has 0 aromatic heterocycles. The maximum Gasteiger partial charge on any atom is 0.292 e. The minimum absolute atomic E-state index is 0.0447. The molecule has 2 rings (SSSR count). The van der Waals surface area contributed by atoms with Crippen LogP contribution in [0.15, 0.2) is 45.3 Å². The highest BCUT2D eigenvalue weighted by Gasteiger charge is 2.13. The van der Waals surface area contributed by atoms with Crippen molar-refractivity contribution in [1.82, 2.24) is 0 Å². The second-order valence-electron chi connectivity index (χ2n) is 4.20. The summed E-state index contributed by atoms with van der Waals surface area (Å²) < 4.78 is 7.44. The quantitative estimate of drug-likeness (QED) is 0.565. The molecule has 2 aromatic rings. The summed E-state index contributed by atoms with van der Waals surface area (Å²) in [6, 6.07) is 10.5. The van der Waals surface area contributed by atoms with E-state index in [1.165, 1.54) is 6.07 Å². The molecule has 0 radical (unpaired) electrons. The molecule has 0 spiro atoms. The lowest BCUT2D eigenvalue weighted by molar-refractivity contribution is -0.384. The molecule has 0 heterocycles. The second-order valence-corrected chi connectivity index (χ2v) is 5.91. The normalized spacial score (nSPS) is 10.2. The number of rotatable bonds is 5. The van der Waals surface area contributed by atoms with E-state index in [-0.39, 0.29) is 5.69 Å².